The second-order valence-corrected chi connectivity index (χ2v) is 13.9. The molecular formula is C37H40N6O3. The van der Waals surface area contributed by atoms with E-state index in [4.69, 9.17) is 19.4 Å². The number of nitrogens with one attached hydrogen (secondary N) is 2. The third-order valence-corrected chi connectivity index (χ3v) is 9.58. The Hall–Kier alpha value is -4.63. The maximum Gasteiger partial charge on any atom is 0.410 e. The van der Waals surface area contributed by atoms with Crippen LogP contribution in [0.2, 0.25) is 0 Å². The van der Waals surface area contributed by atoms with Crippen molar-refractivity contribution in [2.24, 2.45) is 0 Å². The molecule has 236 valence electrons. The van der Waals surface area contributed by atoms with Crippen LogP contribution in [-0.4, -0.2) is 61.6 Å². The molecule has 2 fully saturated rings. The molecule has 0 bridgehead atoms. The number of imidazole rings is 2. The van der Waals surface area contributed by atoms with Gasteiger partial charge in [-0.05, 0) is 100 Å². The fourth-order valence-electron chi connectivity index (χ4n) is 7.28. The fraction of sp³-hybridized carbons (Fsp3) is 0.378. The maximum absolute atomic E-state index is 12.8. The van der Waals surface area contributed by atoms with Crippen LogP contribution >= 0.6 is 0 Å². The molecule has 1 amide bonds. The highest BCUT2D eigenvalue weighted by atomic mass is 16.6. The summed E-state index contributed by atoms with van der Waals surface area (Å²) in [5.41, 5.74) is 7.02. The summed E-state index contributed by atoms with van der Waals surface area (Å²) >= 11 is 0. The number of amides is 1. The van der Waals surface area contributed by atoms with Gasteiger partial charge in [0.05, 0.1) is 35.9 Å². The minimum atomic E-state index is -0.533. The lowest BCUT2D eigenvalue weighted by molar-refractivity contribution is 0.0218. The fourth-order valence-corrected chi connectivity index (χ4v) is 7.28. The van der Waals surface area contributed by atoms with Crippen LogP contribution in [0, 0.1) is 0 Å². The highest BCUT2D eigenvalue weighted by Gasteiger charge is 2.35. The second-order valence-electron chi connectivity index (χ2n) is 13.9. The molecule has 3 aliphatic heterocycles. The number of ether oxygens (including phenoxy) is 2. The van der Waals surface area contributed by atoms with Crippen molar-refractivity contribution in [3.05, 3.63) is 78.1 Å². The van der Waals surface area contributed by atoms with Crippen molar-refractivity contribution >= 4 is 16.9 Å². The first-order chi connectivity index (χ1) is 22.2. The molecule has 2 N–H and O–H groups in total. The van der Waals surface area contributed by atoms with E-state index in [-0.39, 0.29) is 12.1 Å². The van der Waals surface area contributed by atoms with Gasteiger partial charge < -0.3 is 19.4 Å². The largest absolute Gasteiger partial charge is 0.488 e. The smallest absolute Gasteiger partial charge is 0.410 e. The van der Waals surface area contributed by atoms with Gasteiger partial charge in [0.2, 0.25) is 0 Å². The molecule has 8 rings (SSSR count). The quantitative estimate of drug-likeness (QED) is 0.212. The van der Waals surface area contributed by atoms with Crippen molar-refractivity contribution in [1.82, 2.24) is 29.7 Å². The summed E-state index contributed by atoms with van der Waals surface area (Å²) in [4.78, 5) is 33.5. The third kappa shape index (κ3) is 5.12. The molecule has 0 spiro atoms. The van der Waals surface area contributed by atoms with E-state index in [1.807, 2.05) is 33.2 Å². The van der Waals surface area contributed by atoms with E-state index in [1.54, 1.807) is 4.90 Å². The minimum absolute atomic E-state index is 0.116. The number of aromatic nitrogens is 4. The van der Waals surface area contributed by atoms with Crippen molar-refractivity contribution in [3.8, 4) is 39.4 Å². The number of aromatic amines is 2. The molecule has 2 aromatic heterocycles. The number of H-pyrrole nitrogens is 2. The van der Waals surface area contributed by atoms with E-state index in [2.05, 4.69) is 70.4 Å². The van der Waals surface area contributed by atoms with Gasteiger partial charge >= 0.3 is 6.09 Å². The van der Waals surface area contributed by atoms with Gasteiger partial charge in [-0.1, -0.05) is 30.3 Å². The summed E-state index contributed by atoms with van der Waals surface area (Å²) in [6.45, 7) is 7.96. The lowest BCUT2D eigenvalue weighted by atomic mass is 9.92. The van der Waals surface area contributed by atoms with Crippen molar-refractivity contribution in [3.63, 3.8) is 0 Å². The Bertz CT molecular complexity index is 1950. The Balaban J connectivity index is 1.04. The van der Waals surface area contributed by atoms with Gasteiger partial charge in [-0.15, -0.1) is 0 Å². The summed E-state index contributed by atoms with van der Waals surface area (Å²) in [5, 5.41) is 2.25. The van der Waals surface area contributed by atoms with E-state index < -0.39 is 5.60 Å². The van der Waals surface area contributed by atoms with Gasteiger partial charge in [0.1, 0.15) is 29.6 Å². The molecule has 46 heavy (non-hydrogen) atoms. The zero-order valence-electron chi connectivity index (χ0n) is 26.9. The molecule has 2 saturated heterocycles. The average molecular weight is 617 g/mol. The van der Waals surface area contributed by atoms with Crippen molar-refractivity contribution < 1.29 is 14.3 Å². The van der Waals surface area contributed by atoms with Crippen LogP contribution in [-0.2, 0) is 11.3 Å². The minimum Gasteiger partial charge on any atom is -0.488 e. The second kappa shape index (κ2) is 11.0. The number of benzene rings is 3. The first-order valence-electron chi connectivity index (χ1n) is 16.3. The summed E-state index contributed by atoms with van der Waals surface area (Å²) < 4.78 is 12.1. The molecule has 9 heteroatoms. The Labute approximate surface area is 269 Å². The first kappa shape index (κ1) is 28.8. The number of nitrogens with zero attached hydrogens (tertiary/aromatic N) is 4. The van der Waals surface area contributed by atoms with Crippen LogP contribution in [0.3, 0.4) is 0 Å². The van der Waals surface area contributed by atoms with Crippen molar-refractivity contribution in [1.29, 1.82) is 0 Å². The lowest BCUT2D eigenvalue weighted by Gasteiger charge is -2.27. The highest BCUT2D eigenvalue weighted by Crippen LogP contribution is 2.44. The SMILES string of the molecule is CN1CCC[C@H]1c1ncc(-c2ccc3c4c(ccc3c2)-c2ccc(-c3cnc([C@@H]5CCCN5C(=O)OC(C)(C)C)[nH]3)cc2CO4)[nH]1. The van der Waals surface area contributed by atoms with Gasteiger partial charge in [0, 0.05) is 23.1 Å². The predicted octanol–water partition coefficient (Wildman–Crippen LogP) is 8.02. The lowest BCUT2D eigenvalue weighted by Crippen LogP contribution is -2.36. The Morgan fingerprint density at radius 3 is 2.28 bits per heavy atom. The number of likely N-dealkylation sites (tertiary alicyclic amines) is 2. The molecule has 0 radical (unpaired) electrons. The van der Waals surface area contributed by atoms with Crippen LogP contribution in [0.25, 0.3) is 44.4 Å². The Kier molecular flexibility index (Phi) is 6.90. The first-order valence-corrected chi connectivity index (χ1v) is 16.3. The van der Waals surface area contributed by atoms with Gasteiger partial charge in [-0.25, -0.2) is 14.8 Å². The van der Waals surface area contributed by atoms with Gasteiger partial charge in [0.25, 0.3) is 0 Å². The van der Waals surface area contributed by atoms with Crippen LogP contribution in [0.15, 0.2) is 60.9 Å². The van der Waals surface area contributed by atoms with Crippen LogP contribution in [0.4, 0.5) is 4.79 Å². The topological polar surface area (TPSA) is 99.4 Å². The van der Waals surface area contributed by atoms with E-state index in [1.165, 1.54) is 12.0 Å². The number of fused-ring (bicyclic) bond motifs is 5. The normalized spacial score (nSPS) is 19.7. The summed E-state index contributed by atoms with van der Waals surface area (Å²) in [6.07, 6.45) is 7.67. The summed E-state index contributed by atoms with van der Waals surface area (Å²) in [6, 6.07) is 17.7. The molecule has 3 aliphatic rings. The van der Waals surface area contributed by atoms with Crippen LogP contribution < -0.4 is 4.74 Å². The summed E-state index contributed by atoms with van der Waals surface area (Å²) in [7, 11) is 2.17. The van der Waals surface area contributed by atoms with E-state index >= 15 is 0 Å². The highest BCUT2D eigenvalue weighted by molar-refractivity contribution is 5.98. The number of hydrogen-bond donors (Lipinski definition) is 2. The molecule has 9 nitrogen and oxygen atoms in total. The van der Waals surface area contributed by atoms with E-state index in [0.29, 0.717) is 19.2 Å². The van der Waals surface area contributed by atoms with Crippen LogP contribution in [0.5, 0.6) is 5.75 Å². The predicted molar refractivity (Wildman–Crippen MR) is 178 cm³/mol. The summed E-state index contributed by atoms with van der Waals surface area (Å²) in [5.74, 6) is 2.77. The number of rotatable bonds is 4. The number of carbonyl (C=O) groups is 1. The van der Waals surface area contributed by atoms with Crippen LogP contribution in [0.1, 0.15) is 75.8 Å². The third-order valence-electron chi connectivity index (χ3n) is 9.58. The zero-order chi connectivity index (χ0) is 31.6. The molecule has 5 heterocycles. The molecule has 2 atom stereocenters. The molecule has 0 aliphatic carbocycles. The van der Waals surface area contributed by atoms with Gasteiger partial charge in [0.15, 0.2) is 0 Å². The maximum atomic E-state index is 12.8. The zero-order valence-corrected chi connectivity index (χ0v) is 26.9. The molecular weight excluding hydrogens is 576 g/mol. The Morgan fingerprint density at radius 2 is 1.54 bits per heavy atom. The Morgan fingerprint density at radius 1 is 0.870 bits per heavy atom. The standard InChI is InChI=1S/C37H40N6O3/c1-37(2,3)46-36(44)43-16-6-8-32(43)35-39-20-30(41-35)24-10-12-26-25(18-24)21-45-33-27-13-11-23(17-22(27)9-14-28(26)33)29-19-38-34(40-29)31-7-5-15-42(31)4/h9-14,17-20,31-32H,5-8,15-16,21H2,1-4H3,(H,38,40)(H,39,41)/t31-,32-/m0/s1. The molecule has 0 unspecified atom stereocenters. The van der Waals surface area contributed by atoms with E-state index in [9.17, 15) is 4.79 Å². The monoisotopic (exact) mass is 616 g/mol. The van der Waals surface area contributed by atoms with E-state index in [0.717, 1.165) is 87.6 Å². The average Bonchev–Trinajstić information content (AvgIpc) is 3.86. The molecule has 0 saturated carbocycles. The molecule has 3 aromatic carbocycles. The van der Waals surface area contributed by atoms with Crippen molar-refractivity contribution in [2.45, 2.75) is 70.7 Å². The van der Waals surface area contributed by atoms with Crippen molar-refractivity contribution in [2.75, 3.05) is 20.1 Å². The van der Waals surface area contributed by atoms with Gasteiger partial charge in [-0.3, -0.25) is 9.80 Å². The number of carbonyl (C=O) groups excluding carboxylic acids is 1. The number of hydrogen-bond acceptors (Lipinski definition) is 6. The molecule has 5 aromatic rings. The van der Waals surface area contributed by atoms with Gasteiger partial charge in [-0.2, -0.15) is 0 Å².